The number of amides is 1. The molecule has 33 heavy (non-hydrogen) atoms. The van der Waals surface area contributed by atoms with Crippen molar-refractivity contribution in [3.05, 3.63) is 87.9 Å². The molecule has 1 amide bonds. The van der Waals surface area contributed by atoms with Crippen LogP contribution in [0.1, 0.15) is 39.6 Å². The quantitative estimate of drug-likeness (QED) is 0.264. The molecule has 1 unspecified atom stereocenters. The molecule has 4 aromatic rings. The molecule has 2 aromatic heterocycles. The largest absolute Gasteiger partial charge is 0.507 e. The highest BCUT2D eigenvalue weighted by Crippen LogP contribution is 2.42. The Morgan fingerprint density at radius 3 is 2.42 bits per heavy atom. The van der Waals surface area contributed by atoms with E-state index in [1.807, 2.05) is 45.9 Å². The fourth-order valence-electron chi connectivity index (χ4n) is 4.18. The molecule has 1 fully saturated rings. The van der Waals surface area contributed by atoms with Crippen LogP contribution in [0.25, 0.3) is 16.8 Å². The first-order chi connectivity index (χ1) is 15.8. The zero-order valence-electron chi connectivity index (χ0n) is 18.8. The van der Waals surface area contributed by atoms with Gasteiger partial charge in [0, 0.05) is 5.56 Å². The van der Waals surface area contributed by atoms with Crippen molar-refractivity contribution in [3.8, 4) is 0 Å². The molecule has 1 atom stereocenters. The van der Waals surface area contributed by atoms with Gasteiger partial charge in [0.05, 0.1) is 22.9 Å². The molecule has 0 bridgehead atoms. The number of aromatic amines is 1. The van der Waals surface area contributed by atoms with Gasteiger partial charge >= 0.3 is 5.91 Å². The summed E-state index contributed by atoms with van der Waals surface area (Å²) in [5.74, 6) is -1.25. The Morgan fingerprint density at radius 1 is 1.00 bits per heavy atom. The van der Waals surface area contributed by atoms with E-state index in [4.69, 9.17) is 4.42 Å². The lowest BCUT2D eigenvalue weighted by Gasteiger charge is -2.20. The fraction of sp³-hybridized carbons (Fsp3) is 0.192. The molecule has 0 saturated carbocycles. The molecule has 166 valence electrons. The van der Waals surface area contributed by atoms with Crippen molar-refractivity contribution in [2.45, 2.75) is 33.7 Å². The minimum Gasteiger partial charge on any atom is -0.507 e. The summed E-state index contributed by atoms with van der Waals surface area (Å²) in [5, 5.41) is 11.2. The summed E-state index contributed by atoms with van der Waals surface area (Å²) in [6.45, 7) is 7.87. The number of Topliss-reactive ketones (excluding diaryl/α,β-unsaturated/α-hetero) is 1. The molecule has 7 nitrogen and oxygen atoms in total. The van der Waals surface area contributed by atoms with E-state index in [0.717, 1.165) is 27.8 Å². The molecule has 5 rings (SSSR count). The second-order valence-electron chi connectivity index (χ2n) is 8.50. The van der Waals surface area contributed by atoms with Crippen LogP contribution in [0.2, 0.25) is 0 Å². The minimum atomic E-state index is -0.954. The van der Waals surface area contributed by atoms with Crippen LogP contribution >= 0.6 is 0 Å². The maximum Gasteiger partial charge on any atom is 0.302 e. The fourth-order valence-corrected chi connectivity index (χ4v) is 4.18. The van der Waals surface area contributed by atoms with Crippen molar-refractivity contribution < 1.29 is 19.1 Å². The van der Waals surface area contributed by atoms with E-state index in [-0.39, 0.29) is 17.3 Å². The van der Waals surface area contributed by atoms with Gasteiger partial charge in [0.1, 0.15) is 17.6 Å². The smallest absolute Gasteiger partial charge is 0.302 e. The van der Waals surface area contributed by atoms with Gasteiger partial charge in [-0.15, -0.1) is 0 Å². The summed E-state index contributed by atoms with van der Waals surface area (Å²) in [6.07, 6.45) is 1.47. The standard InChI is InChI=1S/C26H23N3O4/c1-13-7-8-17(10-14(13)2)23(30)21-22(20-6-5-9-33-20)29(25(32)24(21)31)26-27-18-11-15(3)16(4)12-19(18)28-26/h5-12,22,30H,1-4H3,(H,27,28)/b23-21+. The third-order valence-electron chi connectivity index (χ3n) is 6.35. The van der Waals surface area contributed by atoms with Gasteiger partial charge < -0.3 is 14.5 Å². The molecular weight excluding hydrogens is 418 g/mol. The normalized spacial score (nSPS) is 17.9. The summed E-state index contributed by atoms with van der Waals surface area (Å²) in [5.41, 5.74) is 6.03. The van der Waals surface area contributed by atoms with E-state index in [1.165, 1.54) is 11.2 Å². The number of rotatable bonds is 3. The Morgan fingerprint density at radius 2 is 1.73 bits per heavy atom. The van der Waals surface area contributed by atoms with Crippen molar-refractivity contribution in [3.63, 3.8) is 0 Å². The van der Waals surface area contributed by atoms with E-state index in [0.29, 0.717) is 16.8 Å². The topological polar surface area (TPSA) is 99.4 Å². The van der Waals surface area contributed by atoms with Crippen LogP contribution in [-0.4, -0.2) is 26.8 Å². The van der Waals surface area contributed by atoms with Crippen LogP contribution in [0.15, 0.2) is 58.7 Å². The number of carbonyl (C=O) groups excluding carboxylic acids is 2. The molecule has 1 saturated heterocycles. The number of nitrogens with one attached hydrogen (secondary N) is 1. The number of aryl methyl sites for hydroxylation is 4. The third-order valence-corrected chi connectivity index (χ3v) is 6.35. The number of carbonyl (C=O) groups is 2. The number of ketones is 1. The van der Waals surface area contributed by atoms with Gasteiger partial charge in [-0.3, -0.25) is 14.5 Å². The number of aromatic nitrogens is 2. The lowest BCUT2D eigenvalue weighted by atomic mass is 9.97. The molecule has 7 heteroatoms. The first-order valence-corrected chi connectivity index (χ1v) is 10.6. The first-order valence-electron chi connectivity index (χ1n) is 10.6. The number of nitrogens with zero attached hydrogens (tertiary/aromatic N) is 2. The van der Waals surface area contributed by atoms with E-state index >= 15 is 0 Å². The number of aliphatic hydroxyl groups is 1. The molecule has 2 N–H and O–H groups in total. The Kier molecular flexibility index (Phi) is 4.70. The van der Waals surface area contributed by atoms with Gasteiger partial charge in [-0.25, -0.2) is 4.98 Å². The number of imidazole rings is 1. The zero-order valence-corrected chi connectivity index (χ0v) is 18.8. The molecule has 3 heterocycles. The number of anilines is 1. The second kappa shape index (κ2) is 7.48. The summed E-state index contributed by atoms with van der Waals surface area (Å²) in [6, 6.07) is 11.7. The first kappa shape index (κ1) is 20.8. The predicted molar refractivity (Wildman–Crippen MR) is 125 cm³/mol. The van der Waals surface area contributed by atoms with Crippen LogP contribution in [0.4, 0.5) is 5.95 Å². The van der Waals surface area contributed by atoms with Crippen molar-refractivity contribution in [2.75, 3.05) is 4.90 Å². The molecular formula is C26H23N3O4. The Hall–Kier alpha value is -4.13. The predicted octanol–water partition coefficient (Wildman–Crippen LogP) is 5.02. The van der Waals surface area contributed by atoms with Crippen LogP contribution in [0.5, 0.6) is 0 Å². The number of aliphatic hydroxyl groups excluding tert-OH is 1. The molecule has 0 radical (unpaired) electrons. The Balaban J connectivity index is 1.71. The molecule has 0 spiro atoms. The van der Waals surface area contributed by atoms with E-state index in [9.17, 15) is 14.7 Å². The number of furan rings is 1. The molecule has 2 aromatic carbocycles. The number of hydrogen-bond donors (Lipinski definition) is 2. The van der Waals surface area contributed by atoms with Gasteiger partial charge in [-0.2, -0.15) is 0 Å². The Bertz CT molecular complexity index is 1420. The maximum atomic E-state index is 13.2. The van der Waals surface area contributed by atoms with Crippen LogP contribution in [-0.2, 0) is 9.59 Å². The van der Waals surface area contributed by atoms with Crippen LogP contribution in [0, 0.1) is 27.7 Å². The average Bonchev–Trinajstić information content (AvgIpc) is 3.49. The van der Waals surface area contributed by atoms with Crippen molar-refractivity contribution in [2.24, 2.45) is 0 Å². The maximum absolute atomic E-state index is 13.2. The summed E-state index contributed by atoms with van der Waals surface area (Å²) < 4.78 is 5.60. The molecule has 0 aliphatic carbocycles. The van der Waals surface area contributed by atoms with Gasteiger partial charge in [0.25, 0.3) is 5.78 Å². The van der Waals surface area contributed by atoms with Gasteiger partial charge in [-0.05, 0) is 80.3 Å². The number of H-pyrrole nitrogens is 1. The lowest BCUT2D eigenvalue weighted by Crippen LogP contribution is -2.30. The number of hydrogen-bond acceptors (Lipinski definition) is 5. The molecule has 1 aliphatic heterocycles. The van der Waals surface area contributed by atoms with Crippen molar-refractivity contribution >= 4 is 34.4 Å². The minimum absolute atomic E-state index is 0.0361. The zero-order chi connectivity index (χ0) is 23.4. The summed E-state index contributed by atoms with van der Waals surface area (Å²) >= 11 is 0. The monoisotopic (exact) mass is 441 g/mol. The van der Waals surface area contributed by atoms with Gasteiger partial charge in [0.2, 0.25) is 5.95 Å². The SMILES string of the molecule is Cc1ccc(/C(O)=C2\C(=O)C(=O)N(c3nc4cc(C)c(C)cc4[nH]3)C2c2ccco2)cc1C. The molecule has 1 aliphatic rings. The van der Waals surface area contributed by atoms with Crippen LogP contribution < -0.4 is 4.90 Å². The highest BCUT2D eigenvalue weighted by Gasteiger charge is 2.49. The van der Waals surface area contributed by atoms with Crippen LogP contribution in [0.3, 0.4) is 0 Å². The second-order valence-corrected chi connectivity index (χ2v) is 8.50. The number of fused-ring (bicyclic) bond motifs is 1. The third kappa shape index (κ3) is 3.24. The average molecular weight is 441 g/mol. The van der Waals surface area contributed by atoms with E-state index < -0.39 is 17.7 Å². The van der Waals surface area contributed by atoms with E-state index in [2.05, 4.69) is 9.97 Å². The number of benzene rings is 2. The van der Waals surface area contributed by atoms with Gasteiger partial charge in [-0.1, -0.05) is 12.1 Å². The summed E-state index contributed by atoms with van der Waals surface area (Å²) in [4.78, 5) is 35.4. The summed E-state index contributed by atoms with van der Waals surface area (Å²) in [7, 11) is 0. The van der Waals surface area contributed by atoms with E-state index in [1.54, 1.807) is 24.3 Å². The highest BCUT2D eigenvalue weighted by atomic mass is 16.3. The van der Waals surface area contributed by atoms with Crippen molar-refractivity contribution in [1.82, 2.24) is 9.97 Å². The lowest BCUT2D eigenvalue weighted by molar-refractivity contribution is -0.132. The Labute approximate surface area is 190 Å². The highest BCUT2D eigenvalue weighted by molar-refractivity contribution is 6.51. The van der Waals surface area contributed by atoms with Crippen molar-refractivity contribution in [1.29, 1.82) is 0 Å². The van der Waals surface area contributed by atoms with Gasteiger partial charge in [0.15, 0.2) is 0 Å².